The Hall–Kier alpha value is -2.85. The van der Waals surface area contributed by atoms with Crippen LogP contribution in [-0.2, 0) is 4.79 Å². The molecule has 0 saturated heterocycles. The van der Waals surface area contributed by atoms with E-state index in [0.29, 0.717) is 16.6 Å². The summed E-state index contributed by atoms with van der Waals surface area (Å²) in [5.74, 6) is 0.709. The van der Waals surface area contributed by atoms with E-state index in [9.17, 15) is 4.79 Å². The third-order valence-corrected chi connectivity index (χ3v) is 3.96. The lowest BCUT2D eigenvalue weighted by atomic mass is 10.1. The molecule has 4 nitrogen and oxygen atoms in total. The molecule has 126 valence electrons. The van der Waals surface area contributed by atoms with Gasteiger partial charge in [-0.25, -0.2) is 4.98 Å². The number of hydrogen-bond donors (Lipinski definition) is 1. The maximum absolute atomic E-state index is 12.0. The van der Waals surface area contributed by atoms with Gasteiger partial charge in [0.25, 0.3) is 5.91 Å². The fourth-order valence-electron chi connectivity index (χ4n) is 2.36. The number of aromatic nitrogens is 1. The van der Waals surface area contributed by atoms with Gasteiger partial charge in [0.15, 0.2) is 6.61 Å². The summed E-state index contributed by atoms with van der Waals surface area (Å²) < 4.78 is 5.53. The highest BCUT2D eigenvalue weighted by molar-refractivity contribution is 6.32. The number of ether oxygens (including phenoxy) is 1. The average Bonchev–Trinajstić information content (AvgIpc) is 2.63. The number of carbonyl (C=O) groups excluding carboxylic acids is 1. The molecule has 25 heavy (non-hydrogen) atoms. The van der Waals surface area contributed by atoms with E-state index >= 15 is 0 Å². The molecule has 0 aliphatic rings. The summed E-state index contributed by atoms with van der Waals surface area (Å²) in [4.78, 5) is 16.1. The highest BCUT2D eigenvalue weighted by Gasteiger charge is 2.09. The standard InChI is InChI=1S/C20H17ClN2O2/c1-14-6-5-11-22-20(14)23-19(24)13-25-18-10-9-16(12-17(18)21)15-7-3-2-4-8-15/h2-12H,13H2,1H3,(H,22,23,24). The third-order valence-electron chi connectivity index (χ3n) is 3.67. The van der Waals surface area contributed by atoms with Crippen molar-refractivity contribution >= 4 is 23.3 Å². The van der Waals surface area contributed by atoms with E-state index in [-0.39, 0.29) is 12.5 Å². The van der Waals surface area contributed by atoms with Crippen LogP contribution in [0.15, 0.2) is 66.9 Å². The van der Waals surface area contributed by atoms with Crippen molar-refractivity contribution in [2.45, 2.75) is 6.92 Å². The van der Waals surface area contributed by atoms with Crippen molar-refractivity contribution in [1.82, 2.24) is 4.98 Å². The molecule has 0 unspecified atom stereocenters. The van der Waals surface area contributed by atoms with Crippen molar-refractivity contribution in [2.75, 3.05) is 11.9 Å². The van der Waals surface area contributed by atoms with Crippen molar-refractivity contribution in [1.29, 1.82) is 0 Å². The van der Waals surface area contributed by atoms with E-state index in [1.54, 1.807) is 12.3 Å². The van der Waals surface area contributed by atoms with Crippen molar-refractivity contribution in [3.63, 3.8) is 0 Å². The molecular weight excluding hydrogens is 336 g/mol. The van der Waals surface area contributed by atoms with Gasteiger partial charge in [-0.15, -0.1) is 0 Å². The molecule has 1 amide bonds. The van der Waals surface area contributed by atoms with E-state index in [2.05, 4.69) is 10.3 Å². The minimum absolute atomic E-state index is 0.138. The minimum Gasteiger partial charge on any atom is -0.482 e. The quantitative estimate of drug-likeness (QED) is 0.722. The Bertz CT molecular complexity index is 882. The van der Waals surface area contributed by atoms with Crippen molar-refractivity contribution in [2.24, 2.45) is 0 Å². The number of rotatable bonds is 5. The van der Waals surface area contributed by atoms with Gasteiger partial charge in [0.1, 0.15) is 11.6 Å². The predicted molar refractivity (Wildman–Crippen MR) is 100.0 cm³/mol. The minimum atomic E-state index is -0.287. The van der Waals surface area contributed by atoms with Gasteiger partial charge in [-0.1, -0.05) is 54.1 Å². The van der Waals surface area contributed by atoms with Gasteiger partial charge in [0, 0.05) is 6.20 Å². The summed E-state index contributed by atoms with van der Waals surface area (Å²) in [6.45, 7) is 1.74. The molecule has 3 rings (SSSR count). The van der Waals surface area contributed by atoms with Crippen LogP contribution in [0.4, 0.5) is 5.82 Å². The van der Waals surface area contributed by atoms with Gasteiger partial charge in [-0.2, -0.15) is 0 Å². The molecule has 3 aromatic rings. The summed E-state index contributed by atoms with van der Waals surface area (Å²) >= 11 is 6.28. The van der Waals surface area contributed by atoms with Gasteiger partial charge in [0.05, 0.1) is 5.02 Å². The van der Waals surface area contributed by atoms with Crippen LogP contribution in [0.5, 0.6) is 5.75 Å². The second kappa shape index (κ2) is 7.81. The molecule has 5 heteroatoms. The first-order valence-electron chi connectivity index (χ1n) is 7.83. The van der Waals surface area contributed by atoms with Gasteiger partial charge in [-0.3, -0.25) is 4.79 Å². The van der Waals surface area contributed by atoms with Crippen LogP contribution in [0.25, 0.3) is 11.1 Å². The lowest BCUT2D eigenvalue weighted by Crippen LogP contribution is -2.21. The maximum Gasteiger partial charge on any atom is 0.263 e. The highest BCUT2D eigenvalue weighted by Crippen LogP contribution is 2.30. The zero-order valence-electron chi connectivity index (χ0n) is 13.7. The number of hydrogen-bond acceptors (Lipinski definition) is 3. The van der Waals surface area contributed by atoms with E-state index in [4.69, 9.17) is 16.3 Å². The molecule has 0 radical (unpaired) electrons. The third kappa shape index (κ3) is 4.37. The van der Waals surface area contributed by atoms with Crippen molar-refractivity contribution < 1.29 is 9.53 Å². The normalized spacial score (nSPS) is 10.3. The van der Waals surface area contributed by atoms with Crippen LogP contribution in [0.3, 0.4) is 0 Å². The summed E-state index contributed by atoms with van der Waals surface area (Å²) in [5.41, 5.74) is 2.95. The molecule has 0 atom stereocenters. The maximum atomic E-state index is 12.0. The molecule has 1 aromatic heterocycles. The van der Waals surface area contributed by atoms with E-state index in [1.807, 2.05) is 61.5 Å². The predicted octanol–water partition coefficient (Wildman–Crippen LogP) is 4.73. The van der Waals surface area contributed by atoms with Gasteiger partial charge < -0.3 is 10.1 Å². The highest BCUT2D eigenvalue weighted by atomic mass is 35.5. The molecule has 0 bridgehead atoms. The largest absolute Gasteiger partial charge is 0.482 e. The second-order valence-corrected chi connectivity index (χ2v) is 5.92. The molecular formula is C20H17ClN2O2. The molecule has 2 aromatic carbocycles. The monoisotopic (exact) mass is 352 g/mol. The zero-order chi connectivity index (χ0) is 17.6. The molecule has 1 heterocycles. The second-order valence-electron chi connectivity index (χ2n) is 5.52. The summed E-state index contributed by atoms with van der Waals surface area (Å²) in [6.07, 6.45) is 1.63. The fraction of sp³-hybridized carbons (Fsp3) is 0.100. The SMILES string of the molecule is Cc1cccnc1NC(=O)COc1ccc(-c2ccccc2)cc1Cl. The smallest absolute Gasteiger partial charge is 0.263 e. The summed E-state index contributed by atoms with van der Waals surface area (Å²) in [6, 6.07) is 19.1. The Morgan fingerprint density at radius 2 is 1.88 bits per heavy atom. The Morgan fingerprint density at radius 1 is 1.08 bits per heavy atom. The number of halogens is 1. The van der Waals surface area contributed by atoms with Crippen molar-refractivity contribution in [3.8, 4) is 16.9 Å². The molecule has 0 saturated carbocycles. The topological polar surface area (TPSA) is 51.2 Å². The fourth-order valence-corrected chi connectivity index (χ4v) is 2.59. The lowest BCUT2D eigenvalue weighted by Gasteiger charge is -2.11. The zero-order valence-corrected chi connectivity index (χ0v) is 14.5. The lowest BCUT2D eigenvalue weighted by molar-refractivity contribution is -0.118. The van der Waals surface area contributed by atoms with Crippen LogP contribution < -0.4 is 10.1 Å². The van der Waals surface area contributed by atoms with Gasteiger partial charge in [-0.05, 0) is 41.8 Å². The number of aryl methyl sites for hydroxylation is 1. The number of carbonyl (C=O) groups is 1. The van der Waals surface area contributed by atoms with Crippen LogP contribution >= 0.6 is 11.6 Å². The number of anilines is 1. The van der Waals surface area contributed by atoms with Crippen molar-refractivity contribution in [3.05, 3.63) is 77.4 Å². The number of amides is 1. The number of benzene rings is 2. The van der Waals surface area contributed by atoms with Crippen LogP contribution in [0.2, 0.25) is 5.02 Å². The first kappa shape index (κ1) is 17.0. The number of nitrogens with one attached hydrogen (secondary N) is 1. The molecule has 0 aliphatic carbocycles. The molecule has 0 spiro atoms. The first-order chi connectivity index (χ1) is 12.1. The Kier molecular flexibility index (Phi) is 5.31. The van der Waals surface area contributed by atoms with Crippen LogP contribution in [0, 0.1) is 6.92 Å². The van der Waals surface area contributed by atoms with E-state index in [0.717, 1.165) is 16.7 Å². The average molecular weight is 353 g/mol. The number of nitrogens with zero attached hydrogens (tertiary/aromatic N) is 1. The van der Waals surface area contributed by atoms with Crippen LogP contribution in [0.1, 0.15) is 5.56 Å². The van der Waals surface area contributed by atoms with Crippen LogP contribution in [-0.4, -0.2) is 17.5 Å². The van der Waals surface area contributed by atoms with E-state index in [1.165, 1.54) is 0 Å². The van der Waals surface area contributed by atoms with Gasteiger partial charge >= 0.3 is 0 Å². The molecule has 0 aliphatic heterocycles. The first-order valence-corrected chi connectivity index (χ1v) is 8.20. The summed E-state index contributed by atoms with van der Waals surface area (Å²) in [7, 11) is 0. The van der Waals surface area contributed by atoms with E-state index < -0.39 is 0 Å². The Morgan fingerprint density at radius 3 is 2.60 bits per heavy atom. The molecule has 0 fully saturated rings. The summed E-state index contributed by atoms with van der Waals surface area (Å²) in [5, 5.41) is 3.18. The Balaban J connectivity index is 1.63. The molecule has 1 N–H and O–H groups in total. The number of pyridine rings is 1. The van der Waals surface area contributed by atoms with Gasteiger partial charge in [0.2, 0.25) is 0 Å². The Labute approximate surface area is 151 Å².